The molecule has 0 saturated heterocycles. The molecule has 0 atom stereocenters. The van der Waals surface area contributed by atoms with E-state index in [1.54, 1.807) is 12.1 Å². The highest BCUT2D eigenvalue weighted by molar-refractivity contribution is 6.05. The molecule has 0 aromatic heterocycles. The molecular weight excluding hydrogens is 452 g/mol. The Morgan fingerprint density at radius 3 is 1.72 bits per heavy atom. The molecule has 36 heavy (non-hydrogen) atoms. The van der Waals surface area contributed by atoms with E-state index in [9.17, 15) is 9.59 Å². The van der Waals surface area contributed by atoms with E-state index < -0.39 is 0 Å². The van der Waals surface area contributed by atoms with E-state index in [0.29, 0.717) is 18.4 Å². The van der Waals surface area contributed by atoms with Gasteiger partial charge in [0.25, 0.3) is 5.91 Å². The Labute approximate surface area is 209 Å². The lowest BCUT2D eigenvalue weighted by Gasteiger charge is -2.09. The Morgan fingerprint density at radius 2 is 1.22 bits per heavy atom. The van der Waals surface area contributed by atoms with Crippen molar-refractivity contribution in [2.45, 2.75) is 12.8 Å². The molecule has 2 heterocycles. The average Bonchev–Trinajstić information content (AvgIpc) is 3.64. The van der Waals surface area contributed by atoms with Gasteiger partial charge in [-0.05, 0) is 72.6 Å². The van der Waals surface area contributed by atoms with Gasteiger partial charge in [0.1, 0.15) is 11.7 Å². The molecule has 3 aromatic carbocycles. The van der Waals surface area contributed by atoms with Gasteiger partial charge in [-0.15, -0.1) is 0 Å². The predicted octanol–water partition coefficient (Wildman–Crippen LogP) is 3.21. The highest BCUT2D eigenvalue weighted by Crippen LogP contribution is 2.15. The minimum absolute atomic E-state index is 0.0527. The van der Waals surface area contributed by atoms with Crippen LogP contribution in [0.2, 0.25) is 0 Å². The first-order valence-electron chi connectivity index (χ1n) is 12.1. The van der Waals surface area contributed by atoms with Crippen molar-refractivity contribution < 1.29 is 9.59 Å². The Bertz CT molecular complexity index is 1300. The number of aliphatic imine (C=N–C) groups is 2. The van der Waals surface area contributed by atoms with Crippen molar-refractivity contribution in [3.8, 4) is 0 Å². The van der Waals surface area contributed by atoms with Gasteiger partial charge >= 0.3 is 0 Å². The maximum atomic E-state index is 12.6. The zero-order chi connectivity index (χ0) is 24.7. The van der Waals surface area contributed by atoms with Crippen molar-refractivity contribution >= 4 is 34.9 Å². The minimum atomic E-state index is -0.175. The molecule has 4 N–H and O–H groups in total. The maximum Gasteiger partial charge on any atom is 0.255 e. The number of aryl methyl sites for hydroxylation is 1. The van der Waals surface area contributed by atoms with Gasteiger partial charge in [0.2, 0.25) is 5.91 Å². The number of carbonyl (C=O) groups is 2. The lowest BCUT2D eigenvalue weighted by molar-refractivity contribution is -0.116. The lowest BCUT2D eigenvalue weighted by atomic mass is 10.1. The zero-order valence-corrected chi connectivity index (χ0v) is 19.9. The molecule has 0 saturated carbocycles. The van der Waals surface area contributed by atoms with Crippen molar-refractivity contribution in [1.82, 2.24) is 10.6 Å². The molecule has 5 rings (SSSR count). The van der Waals surface area contributed by atoms with Crippen LogP contribution in [0, 0.1) is 0 Å². The number of amides is 2. The highest BCUT2D eigenvalue weighted by atomic mass is 16.2. The summed E-state index contributed by atoms with van der Waals surface area (Å²) in [6.07, 6.45) is 0.944. The molecule has 0 radical (unpaired) electrons. The molecule has 2 aliphatic heterocycles. The van der Waals surface area contributed by atoms with Crippen LogP contribution in [-0.4, -0.2) is 49.7 Å². The van der Waals surface area contributed by atoms with Crippen LogP contribution in [0.1, 0.15) is 33.5 Å². The summed E-state index contributed by atoms with van der Waals surface area (Å²) >= 11 is 0. The summed E-state index contributed by atoms with van der Waals surface area (Å²) in [5, 5.41) is 12.3. The average molecular weight is 481 g/mol. The number of nitrogens with zero attached hydrogens (tertiary/aromatic N) is 2. The van der Waals surface area contributed by atoms with Crippen molar-refractivity contribution in [3.05, 3.63) is 95.1 Å². The van der Waals surface area contributed by atoms with Crippen molar-refractivity contribution in [2.75, 3.05) is 36.8 Å². The predicted molar refractivity (Wildman–Crippen MR) is 143 cm³/mol. The molecule has 0 spiro atoms. The van der Waals surface area contributed by atoms with E-state index in [-0.39, 0.29) is 11.8 Å². The molecule has 3 aromatic rings. The van der Waals surface area contributed by atoms with Gasteiger partial charge in [0.15, 0.2) is 0 Å². The third-order valence-electron chi connectivity index (χ3n) is 6.06. The van der Waals surface area contributed by atoms with Crippen LogP contribution in [-0.2, 0) is 11.2 Å². The number of hydrogen-bond acceptors (Lipinski definition) is 6. The van der Waals surface area contributed by atoms with Crippen LogP contribution in [0.5, 0.6) is 0 Å². The van der Waals surface area contributed by atoms with E-state index in [1.165, 1.54) is 0 Å². The lowest BCUT2D eigenvalue weighted by Crippen LogP contribution is -2.19. The van der Waals surface area contributed by atoms with Crippen LogP contribution in [0.15, 0.2) is 82.8 Å². The fraction of sp³-hybridized carbons (Fsp3) is 0.214. The minimum Gasteiger partial charge on any atom is -0.368 e. The van der Waals surface area contributed by atoms with Gasteiger partial charge in [-0.1, -0.05) is 12.1 Å². The molecular formula is C28H28N6O2. The first kappa shape index (κ1) is 23.3. The second kappa shape index (κ2) is 10.9. The Morgan fingerprint density at radius 1 is 0.694 bits per heavy atom. The normalized spacial score (nSPS) is 14.3. The molecule has 8 nitrogen and oxygen atoms in total. The Hall–Kier alpha value is -4.46. The molecule has 2 amide bonds. The highest BCUT2D eigenvalue weighted by Gasteiger charge is 2.11. The SMILES string of the molecule is O=C(CCc1ccc(C(=O)Nc2ccc(C3=NCCN3)cc2)cc1)Nc1ccc(C2=NCCN2)cc1. The maximum absolute atomic E-state index is 12.6. The van der Waals surface area contributed by atoms with Crippen LogP contribution in [0.25, 0.3) is 0 Å². The third kappa shape index (κ3) is 5.78. The third-order valence-corrected chi connectivity index (χ3v) is 6.06. The Kier molecular flexibility index (Phi) is 7.02. The summed E-state index contributed by atoms with van der Waals surface area (Å²) in [7, 11) is 0. The Balaban J connectivity index is 1.09. The van der Waals surface area contributed by atoms with Crippen LogP contribution in [0.4, 0.5) is 11.4 Å². The molecule has 0 unspecified atom stereocenters. The van der Waals surface area contributed by atoms with Gasteiger partial charge in [-0.3, -0.25) is 19.6 Å². The summed E-state index contributed by atoms with van der Waals surface area (Å²) in [6, 6.07) is 22.6. The van der Waals surface area contributed by atoms with Gasteiger partial charge < -0.3 is 21.3 Å². The van der Waals surface area contributed by atoms with E-state index in [1.807, 2.05) is 60.7 Å². The number of anilines is 2. The first-order chi connectivity index (χ1) is 17.6. The van der Waals surface area contributed by atoms with Crippen LogP contribution >= 0.6 is 0 Å². The van der Waals surface area contributed by atoms with Gasteiger partial charge in [-0.25, -0.2) is 0 Å². The monoisotopic (exact) mass is 480 g/mol. The quantitative estimate of drug-likeness (QED) is 0.397. The van der Waals surface area contributed by atoms with Gasteiger partial charge in [-0.2, -0.15) is 0 Å². The summed E-state index contributed by atoms with van der Waals surface area (Å²) in [6.45, 7) is 3.30. The van der Waals surface area contributed by atoms with Crippen molar-refractivity contribution in [3.63, 3.8) is 0 Å². The van der Waals surface area contributed by atoms with E-state index in [4.69, 9.17) is 0 Å². The van der Waals surface area contributed by atoms with Gasteiger partial charge in [0.05, 0.1) is 13.1 Å². The fourth-order valence-electron chi connectivity index (χ4n) is 4.11. The number of carbonyl (C=O) groups excluding carboxylic acids is 2. The molecule has 2 aliphatic rings. The van der Waals surface area contributed by atoms with E-state index >= 15 is 0 Å². The molecule has 0 bridgehead atoms. The van der Waals surface area contributed by atoms with E-state index in [2.05, 4.69) is 31.3 Å². The number of hydrogen-bond donors (Lipinski definition) is 4. The second-order valence-electron chi connectivity index (χ2n) is 8.67. The summed E-state index contributed by atoms with van der Waals surface area (Å²) in [5.41, 5.74) is 5.07. The number of rotatable bonds is 8. The summed E-state index contributed by atoms with van der Waals surface area (Å²) in [4.78, 5) is 33.8. The number of benzene rings is 3. The van der Waals surface area contributed by atoms with Crippen molar-refractivity contribution in [2.24, 2.45) is 9.98 Å². The second-order valence-corrected chi connectivity index (χ2v) is 8.67. The fourth-order valence-corrected chi connectivity index (χ4v) is 4.11. The van der Waals surface area contributed by atoms with Crippen molar-refractivity contribution in [1.29, 1.82) is 0 Å². The molecule has 0 fully saturated rings. The van der Waals surface area contributed by atoms with E-state index in [0.717, 1.165) is 65.9 Å². The van der Waals surface area contributed by atoms with Gasteiger partial charge in [0, 0.05) is 47.6 Å². The smallest absolute Gasteiger partial charge is 0.255 e. The van der Waals surface area contributed by atoms with Crippen LogP contribution in [0.3, 0.4) is 0 Å². The molecule has 0 aliphatic carbocycles. The number of nitrogens with one attached hydrogen (secondary N) is 4. The topological polar surface area (TPSA) is 107 Å². The molecule has 182 valence electrons. The van der Waals surface area contributed by atoms with Crippen LogP contribution < -0.4 is 21.3 Å². The largest absolute Gasteiger partial charge is 0.368 e. The summed E-state index contributed by atoms with van der Waals surface area (Å²) < 4.78 is 0. The standard InChI is InChI=1S/C28H28N6O2/c35-25(33-23-10-6-20(7-11-23)26-29-15-16-30-26)14-3-19-1-4-22(5-2-19)28(36)34-24-12-8-21(9-13-24)27-31-17-18-32-27/h1-2,4-13H,3,14-18H2,(H,29,30)(H,31,32)(H,33,35)(H,34,36). The summed E-state index contributed by atoms with van der Waals surface area (Å²) in [5.74, 6) is 1.56. The first-order valence-corrected chi connectivity index (χ1v) is 12.1. The zero-order valence-electron chi connectivity index (χ0n) is 19.9. The molecule has 8 heteroatoms. The number of amidine groups is 2.